The van der Waals surface area contributed by atoms with E-state index in [1.807, 2.05) is 0 Å². The second kappa shape index (κ2) is 4.22. The van der Waals surface area contributed by atoms with Crippen LogP contribution >= 0.6 is 11.6 Å². The zero-order chi connectivity index (χ0) is 10.8. The Balaban J connectivity index is 2.15. The van der Waals surface area contributed by atoms with Crippen molar-refractivity contribution >= 4 is 23.4 Å². The maximum absolute atomic E-state index is 11.5. The number of ether oxygens (including phenoxy) is 1. The Labute approximate surface area is 91.2 Å². The summed E-state index contributed by atoms with van der Waals surface area (Å²) in [5.41, 5.74) is 0. The molecule has 2 heterocycles. The van der Waals surface area contributed by atoms with Crippen molar-refractivity contribution in [3.63, 3.8) is 0 Å². The molecule has 0 aromatic carbocycles. The second-order valence-electron chi connectivity index (χ2n) is 3.20. The van der Waals surface area contributed by atoms with Crippen LogP contribution in [-0.2, 0) is 9.53 Å². The molecular weight excluding hydrogens is 222 g/mol. The Morgan fingerprint density at radius 3 is 3.00 bits per heavy atom. The predicted molar refractivity (Wildman–Crippen MR) is 52.9 cm³/mol. The van der Waals surface area contributed by atoms with Gasteiger partial charge in [-0.3, -0.25) is 9.69 Å². The standard InChI is InChI=1S/C9H10ClNO4/c10-7-1-2-9(15-7)11-3-6(4-12)14-5-8(11)13/h1-2,6,12H,3-5H2. The lowest BCUT2D eigenvalue weighted by molar-refractivity contribution is -0.130. The number of hydrogen-bond acceptors (Lipinski definition) is 4. The molecule has 1 amide bonds. The first-order valence-corrected chi connectivity index (χ1v) is 4.86. The van der Waals surface area contributed by atoms with E-state index in [-0.39, 0.29) is 37.0 Å². The summed E-state index contributed by atoms with van der Waals surface area (Å²) in [6.45, 7) is 0.0982. The molecule has 1 saturated heterocycles. The Morgan fingerprint density at radius 2 is 2.40 bits per heavy atom. The molecule has 1 fully saturated rings. The molecule has 1 aromatic heterocycles. The van der Waals surface area contributed by atoms with Gasteiger partial charge in [0, 0.05) is 6.07 Å². The molecule has 0 spiro atoms. The molecule has 82 valence electrons. The summed E-state index contributed by atoms with van der Waals surface area (Å²) in [5.74, 6) is 0.178. The van der Waals surface area contributed by atoms with E-state index in [0.717, 1.165) is 0 Å². The third-order valence-electron chi connectivity index (χ3n) is 2.16. The molecule has 0 bridgehead atoms. The van der Waals surface area contributed by atoms with Gasteiger partial charge in [0.2, 0.25) is 5.88 Å². The molecular formula is C9H10ClNO4. The van der Waals surface area contributed by atoms with Gasteiger partial charge in [0.1, 0.15) is 6.61 Å². The molecule has 2 rings (SSSR count). The molecule has 1 atom stereocenters. The summed E-state index contributed by atoms with van der Waals surface area (Å²) in [5, 5.41) is 9.15. The highest BCUT2D eigenvalue weighted by molar-refractivity contribution is 6.29. The van der Waals surface area contributed by atoms with Gasteiger partial charge in [-0.2, -0.15) is 0 Å². The largest absolute Gasteiger partial charge is 0.429 e. The number of aliphatic hydroxyl groups is 1. The SMILES string of the molecule is O=C1COC(CO)CN1c1ccc(Cl)o1. The van der Waals surface area contributed by atoms with E-state index in [0.29, 0.717) is 5.88 Å². The smallest absolute Gasteiger partial charge is 0.255 e. The molecule has 5 nitrogen and oxygen atoms in total. The zero-order valence-corrected chi connectivity index (χ0v) is 8.61. The van der Waals surface area contributed by atoms with Crippen LogP contribution in [-0.4, -0.2) is 36.9 Å². The molecule has 0 saturated carbocycles. The van der Waals surface area contributed by atoms with Crippen LogP contribution in [0.5, 0.6) is 0 Å². The highest BCUT2D eigenvalue weighted by Gasteiger charge is 2.28. The van der Waals surface area contributed by atoms with Gasteiger partial charge in [-0.25, -0.2) is 0 Å². The van der Waals surface area contributed by atoms with Crippen LogP contribution < -0.4 is 4.90 Å². The number of nitrogens with zero attached hydrogens (tertiary/aromatic N) is 1. The first-order valence-electron chi connectivity index (χ1n) is 4.49. The van der Waals surface area contributed by atoms with Gasteiger partial charge in [0.05, 0.1) is 19.3 Å². The van der Waals surface area contributed by atoms with Crippen molar-refractivity contribution in [2.24, 2.45) is 0 Å². The quantitative estimate of drug-likeness (QED) is 0.812. The van der Waals surface area contributed by atoms with Crippen molar-refractivity contribution in [2.45, 2.75) is 6.10 Å². The average Bonchev–Trinajstić information content (AvgIpc) is 2.65. The minimum atomic E-state index is -0.369. The Kier molecular flexibility index (Phi) is 2.95. The maximum atomic E-state index is 11.5. The van der Waals surface area contributed by atoms with E-state index in [9.17, 15) is 4.79 Å². The van der Waals surface area contributed by atoms with Gasteiger partial charge in [0.25, 0.3) is 5.91 Å². The monoisotopic (exact) mass is 231 g/mol. The lowest BCUT2D eigenvalue weighted by Gasteiger charge is -2.29. The van der Waals surface area contributed by atoms with Gasteiger partial charge in [-0.1, -0.05) is 0 Å². The molecule has 0 radical (unpaired) electrons. The lowest BCUT2D eigenvalue weighted by Crippen LogP contribution is -2.47. The number of amides is 1. The number of furan rings is 1. The summed E-state index contributed by atoms with van der Waals surface area (Å²) in [7, 11) is 0. The molecule has 1 aliphatic heterocycles. The number of halogens is 1. The van der Waals surface area contributed by atoms with Gasteiger partial charge >= 0.3 is 0 Å². The number of carbonyl (C=O) groups excluding carboxylic acids is 1. The van der Waals surface area contributed by atoms with Crippen LogP contribution in [0.2, 0.25) is 5.22 Å². The first-order chi connectivity index (χ1) is 7.20. The Morgan fingerprint density at radius 1 is 1.60 bits per heavy atom. The van der Waals surface area contributed by atoms with Crippen molar-refractivity contribution in [2.75, 3.05) is 24.7 Å². The van der Waals surface area contributed by atoms with Crippen LogP contribution in [0.15, 0.2) is 16.5 Å². The minimum absolute atomic E-state index is 0.0520. The fourth-order valence-corrected chi connectivity index (χ4v) is 1.54. The molecule has 1 unspecified atom stereocenters. The highest BCUT2D eigenvalue weighted by atomic mass is 35.5. The molecule has 1 aliphatic rings. The lowest BCUT2D eigenvalue weighted by atomic mass is 10.3. The fraction of sp³-hybridized carbons (Fsp3) is 0.444. The van der Waals surface area contributed by atoms with Gasteiger partial charge in [0.15, 0.2) is 5.22 Å². The summed E-state index contributed by atoms with van der Waals surface area (Å²) in [4.78, 5) is 12.9. The van der Waals surface area contributed by atoms with Gasteiger partial charge in [-0.05, 0) is 17.7 Å². The maximum Gasteiger partial charge on any atom is 0.255 e. The van der Waals surface area contributed by atoms with E-state index in [1.165, 1.54) is 4.90 Å². The normalized spacial score (nSPS) is 22.1. The van der Waals surface area contributed by atoms with E-state index in [2.05, 4.69) is 0 Å². The molecule has 0 aliphatic carbocycles. The summed E-state index contributed by atoms with van der Waals surface area (Å²) < 4.78 is 10.2. The average molecular weight is 232 g/mol. The number of anilines is 1. The van der Waals surface area contributed by atoms with Gasteiger partial charge in [-0.15, -0.1) is 0 Å². The number of aliphatic hydroxyl groups excluding tert-OH is 1. The van der Waals surface area contributed by atoms with Crippen molar-refractivity contribution in [3.05, 3.63) is 17.4 Å². The highest BCUT2D eigenvalue weighted by Crippen LogP contribution is 2.24. The second-order valence-corrected chi connectivity index (χ2v) is 3.57. The molecule has 1 aromatic rings. The summed E-state index contributed by atoms with van der Waals surface area (Å²) in [6.07, 6.45) is -0.369. The number of hydrogen-bond donors (Lipinski definition) is 1. The number of carbonyl (C=O) groups is 1. The number of rotatable bonds is 2. The topological polar surface area (TPSA) is 62.9 Å². The van der Waals surface area contributed by atoms with E-state index in [1.54, 1.807) is 12.1 Å². The van der Waals surface area contributed by atoms with Crippen LogP contribution in [0.4, 0.5) is 5.88 Å². The number of morpholine rings is 1. The third-order valence-corrected chi connectivity index (χ3v) is 2.36. The molecule has 15 heavy (non-hydrogen) atoms. The summed E-state index contributed by atoms with van der Waals surface area (Å²) >= 11 is 5.61. The third kappa shape index (κ3) is 2.14. The van der Waals surface area contributed by atoms with Crippen LogP contribution in [0, 0.1) is 0 Å². The van der Waals surface area contributed by atoms with Crippen molar-refractivity contribution in [1.29, 1.82) is 0 Å². The van der Waals surface area contributed by atoms with Crippen molar-refractivity contribution in [3.8, 4) is 0 Å². The molecule has 1 N–H and O–H groups in total. The van der Waals surface area contributed by atoms with Gasteiger partial charge < -0.3 is 14.3 Å². The van der Waals surface area contributed by atoms with E-state index < -0.39 is 0 Å². The van der Waals surface area contributed by atoms with Crippen LogP contribution in [0.1, 0.15) is 0 Å². The zero-order valence-electron chi connectivity index (χ0n) is 7.85. The Hall–Kier alpha value is -1.04. The minimum Gasteiger partial charge on any atom is -0.429 e. The fourth-order valence-electron chi connectivity index (χ4n) is 1.40. The van der Waals surface area contributed by atoms with Crippen LogP contribution in [0.3, 0.4) is 0 Å². The molecule has 6 heteroatoms. The van der Waals surface area contributed by atoms with Crippen molar-refractivity contribution in [1.82, 2.24) is 0 Å². The Bertz CT molecular complexity index is 365. The van der Waals surface area contributed by atoms with E-state index >= 15 is 0 Å². The van der Waals surface area contributed by atoms with Crippen LogP contribution in [0.25, 0.3) is 0 Å². The summed E-state index contributed by atoms with van der Waals surface area (Å²) in [6, 6.07) is 3.17. The first kappa shape index (κ1) is 10.5. The predicted octanol–water partition coefficient (Wildman–Crippen LogP) is 0.657. The van der Waals surface area contributed by atoms with Crippen molar-refractivity contribution < 1.29 is 19.1 Å². The van der Waals surface area contributed by atoms with E-state index in [4.69, 9.17) is 25.9 Å².